The van der Waals surface area contributed by atoms with Crippen molar-refractivity contribution in [1.29, 1.82) is 0 Å². The van der Waals surface area contributed by atoms with Crippen LogP contribution < -0.4 is 0 Å². The van der Waals surface area contributed by atoms with Crippen molar-refractivity contribution in [1.82, 2.24) is 0 Å². The van der Waals surface area contributed by atoms with E-state index in [4.69, 9.17) is 0 Å². The Morgan fingerprint density at radius 1 is 0.485 bits per heavy atom. The van der Waals surface area contributed by atoms with Crippen LogP contribution >= 0.6 is 27.7 Å². The largest absolute Gasteiger partial charge is 0.0894 e. The standard InChI is InChI=1S/C31H21BrS/c32-26-15-9-11-23(21-26)22-10-8-14-25(20-22)31(24-12-2-1-3-13-24)27-16-4-6-18-29(27)33-30-19-7-5-17-28(30)31/h1-21H. The van der Waals surface area contributed by atoms with Crippen molar-refractivity contribution in [3.8, 4) is 11.1 Å². The minimum Gasteiger partial charge on any atom is -0.0894 e. The van der Waals surface area contributed by atoms with Crippen LogP contribution in [0.25, 0.3) is 11.1 Å². The van der Waals surface area contributed by atoms with Crippen molar-refractivity contribution in [3.63, 3.8) is 0 Å². The van der Waals surface area contributed by atoms with Crippen LogP contribution in [0, 0.1) is 0 Å². The van der Waals surface area contributed by atoms with Gasteiger partial charge in [-0.2, -0.15) is 0 Å². The van der Waals surface area contributed by atoms with Crippen LogP contribution in [0.2, 0.25) is 0 Å². The molecule has 0 atom stereocenters. The van der Waals surface area contributed by atoms with E-state index in [2.05, 4.69) is 143 Å². The highest BCUT2D eigenvalue weighted by Gasteiger charge is 2.44. The zero-order valence-electron chi connectivity index (χ0n) is 17.9. The topological polar surface area (TPSA) is 0 Å². The molecule has 0 unspecified atom stereocenters. The molecule has 158 valence electrons. The molecule has 0 fully saturated rings. The molecule has 1 aliphatic rings. The smallest absolute Gasteiger partial charge is 0.0723 e. The lowest BCUT2D eigenvalue weighted by molar-refractivity contribution is 0.703. The van der Waals surface area contributed by atoms with Crippen molar-refractivity contribution < 1.29 is 0 Å². The fourth-order valence-electron chi connectivity index (χ4n) is 5.07. The SMILES string of the molecule is Brc1cccc(-c2cccc(C3(c4ccccc4)c4ccccc4Sc4ccccc43)c2)c1. The lowest BCUT2D eigenvalue weighted by Gasteiger charge is -2.42. The normalized spacial score (nSPS) is 13.7. The molecule has 0 nitrogen and oxygen atoms in total. The molecular formula is C31H21BrS. The first-order valence-corrected chi connectivity index (χ1v) is 12.7. The molecule has 0 saturated heterocycles. The summed E-state index contributed by atoms with van der Waals surface area (Å²) in [5.74, 6) is 0. The van der Waals surface area contributed by atoms with E-state index in [0.717, 1.165) is 4.47 Å². The molecule has 0 spiro atoms. The molecule has 1 aliphatic heterocycles. The van der Waals surface area contributed by atoms with E-state index in [9.17, 15) is 0 Å². The molecule has 0 radical (unpaired) electrons. The van der Waals surface area contributed by atoms with Gasteiger partial charge in [-0.1, -0.05) is 125 Å². The zero-order valence-corrected chi connectivity index (χ0v) is 20.3. The molecule has 0 saturated carbocycles. The number of hydrogen-bond donors (Lipinski definition) is 0. The van der Waals surface area contributed by atoms with Gasteiger partial charge in [-0.25, -0.2) is 0 Å². The van der Waals surface area contributed by atoms with Gasteiger partial charge in [0.25, 0.3) is 0 Å². The van der Waals surface area contributed by atoms with Gasteiger partial charge in [-0.3, -0.25) is 0 Å². The summed E-state index contributed by atoms with van der Waals surface area (Å²) in [6, 6.07) is 46.3. The Balaban J connectivity index is 1.71. The lowest BCUT2D eigenvalue weighted by atomic mass is 9.64. The first-order chi connectivity index (χ1) is 16.3. The maximum Gasteiger partial charge on any atom is 0.0723 e. The third-order valence-corrected chi connectivity index (χ3v) is 8.11. The molecule has 5 aromatic rings. The Morgan fingerprint density at radius 2 is 1.03 bits per heavy atom. The van der Waals surface area contributed by atoms with Gasteiger partial charge < -0.3 is 0 Å². The summed E-state index contributed by atoms with van der Waals surface area (Å²) < 4.78 is 1.09. The van der Waals surface area contributed by atoms with Crippen molar-refractivity contribution in [2.45, 2.75) is 15.2 Å². The Labute approximate surface area is 207 Å². The summed E-state index contributed by atoms with van der Waals surface area (Å²) in [4.78, 5) is 2.63. The van der Waals surface area contributed by atoms with Gasteiger partial charge in [0.05, 0.1) is 5.41 Å². The number of halogens is 1. The Bertz CT molecular complexity index is 1410. The third kappa shape index (κ3) is 3.37. The van der Waals surface area contributed by atoms with Crippen molar-refractivity contribution in [2.75, 3.05) is 0 Å². The van der Waals surface area contributed by atoms with Gasteiger partial charge in [0.1, 0.15) is 0 Å². The average molecular weight is 505 g/mol. The fourth-order valence-corrected chi connectivity index (χ4v) is 6.66. The van der Waals surface area contributed by atoms with Gasteiger partial charge in [-0.15, -0.1) is 0 Å². The minimum atomic E-state index is -0.387. The molecule has 5 aromatic carbocycles. The summed E-state index contributed by atoms with van der Waals surface area (Å²) >= 11 is 5.51. The highest BCUT2D eigenvalue weighted by atomic mass is 79.9. The van der Waals surface area contributed by atoms with Gasteiger partial charge in [0.15, 0.2) is 0 Å². The molecule has 6 rings (SSSR count). The summed E-state index contributed by atoms with van der Waals surface area (Å²) in [7, 11) is 0. The second-order valence-corrected chi connectivity index (χ2v) is 10.3. The summed E-state index contributed by atoms with van der Waals surface area (Å²) in [6.45, 7) is 0. The molecule has 1 heterocycles. The highest BCUT2D eigenvalue weighted by molar-refractivity contribution is 9.10. The van der Waals surface area contributed by atoms with E-state index in [1.54, 1.807) is 0 Å². The van der Waals surface area contributed by atoms with Crippen LogP contribution in [-0.4, -0.2) is 0 Å². The average Bonchev–Trinajstić information content (AvgIpc) is 2.88. The molecular weight excluding hydrogens is 484 g/mol. The summed E-state index contributed by atoms with van der Waals surface area (Å²) in [5.41, 5.74) is 7.29. The second kappa shape index (κ2) is 8.37. The van der Waals surface area contributed by atoms with E-state index in [1.165, 1.54) is 43.2 Å². The predicted octanol–water partition coefficient (Wildman–Crippen LogP) is 8.96. The molecule has 0 bridgehead atoms. The lowest BCUT2D eigenvalue weighted by Crippen LogP contribution is -2.34. The van der Waals surface area contributed by atoms with Gasteiger partial charge in [0, 0.05) is 14.3 Å². The van der Waals surface area contributed by atoms with Gasteiger partial charge >= 0.3 is 0 Å². The highest BCUT2D eigenvalue weighted by Crippen LogP contribution is 2.55. The number of hydrogen-bond acceptors (Lipinski definition) is 1. The summed E-state index contributed by atoms with van der Waals surface area (Å²) in [6.07, 6.45) is 0. The fraction of sp³-hybridized carbons (Fsp3) is 0.0323. The molecule has 0 aromatic heterocycles. The van der Waals surface area contributed by atoms with E-state index >= 15 is 0 Å². The molecule has 0 aliphatic carbocycles. The van der Waals surface area contributed by atoms with Crippen LogP contribution in [0.1, 0.15) is 22.3 Å². The summed E-state index contributed by atoms with van der Waals surface area (Å²) in [5, 5.41) is 0. The number of benzene rings is 5. The first kappa shape index (κ1) is 20.5. The molecule has 0 amide bonds. The number of fused-ring (bicyclic) bond motifs is 2. The van der Waals surface area contributed by atoms with E-state index in [1.807, 2.05) is 11.8 Å². The zero-order chi connectivity index (χ0) is 22.3. The van der Waals surface area contributed by atoms with Crippen LogP contribution in [0.5, 0.6) is 0 Å². The number of rotatable bonds is 3. The molecule has 33 heavy (non-hydrogen) atoms. The third-order valence-electron chi connectivity index (χ3n) is 6.46. The van der Waals surface area contributed by atoms with Crippen LogP contribution in [0.3, 0.4) is 0 Å². The van der Waals surface area contributed by atoms with E-state index in [0.29, 0.717) is 0 Å². The van der Waals surface area contributed by atoms with Crippen molar-refractivity contribution in [3.05, 3.63) is 154 Å². The van der Waals surface area contributed by atoms with Crippen LogP contribution in [0.15, 0.2) is 142 Å². The second-order valence-electron chi connectivity index (χ2n) is 8.30. The molecule has 0 N–H and O–H groups in total. The van der Waals surface area contributed by atoms with Crippen LogP contribution in [0.4, 0.5) is 0 Å². The van der Waals surface area contributed by atoms with Gasteiger partial charge in [0.2, 0.25) is 0 Å². The maximum absolute atomic E-state index is 3.64. The van der Waals surface area contributed by atoms with Crippen LogP contribution in [-0.2, 0) is 5.41 Å². The Hall–Kier alpha value is -3.07. The maximum atomic E-state index is 3.64. The van der Waals surface area contributed by atoms with Crippen molar-refractivity contribution in [2.24, 2.45) is 0 Å². The van der Waals surface area contributed by atoms with E-state index < -0.39 is 0 Å². The molecule has 2 heteroatoms. The predicted molar refractivity (Wildman–Crippen MR) is 142 cm³/mol. The Morgan fingerprint density at radius 3 is 1.70 bits per heavy atom. The minimum absolute atomic E-state index is 0.387. The quantitative estimate of drug-likeness (QED) is 0.231. The van der Waals surface area contributed by atoms with Crippen molar-refractivity contribution >= 4 is 27.7 Å². The monoisotopic (exact) mass is 504 g/mol. The Kier molecular flexibility index (Phi) is 5.21. The van der Waals surface area contributed by atoms with E-state index in [-0.39, 0.29) is 5.41 Å². The van der Waals surface area contributed by atoms with Gasteiger partial charge in [-0.05, 0) is 63.7 Å². The first-order valence-electron chi connectivity index (χ1n) is 11.1.